The molecule has 6 heteroatoms. The predicted molar refractivity (Wildman–Crippen MR) is 59.9 cm³/mol. The standard InChI is InChI=1S/C10H11N3O2S/c11-5-9-12-13-10(15-9)16-6-7-2-1-3-8(14)4-7/h1-4,14H,5-6,11H2. The molecule has 0 unspecified atom stereocenters. The van der Waals surface area contributed by atoms with Crippen molar-refractivity contribution in [1.82, 2.24) is 10.2 Å². The van der Waals surface area contributed by atoms with Crippen LogP contribution in [0.3, 0.4) is 0 Å². The van der Waals surface area contributed by atoms with Crippen LogP contribution in [0.2, 0.25) is 0 Å². The minimum atomic E-state index is 0.250. The van der Waals surface area contributed by atoms with Crippen molar-refractivity contribution in [3.8, 4) is 5.75 Å². The molecule has 3 N–H and O–H groups in total. The molecule has 0 amide bonds. The Hall–Kier alpha value is -1.53. The van der Waals surface area contributed by atoms with E-state index in [2.05, 4.69) is 10.2 Å². The van der Waals surface area contributed by atoms with Gasteiger partial charge in [-0.15, -0.1) is 10.2 Å². The Kier molecular flexibility index (Phi) is 3.43. The average Bonchev–Trinajstić information content (AvgIpc) is 2.74. The third-order valence-electron chi connectivity index (χ3n) is 1.90. The van der Waals surface area contributed by atoms with Crippen LogP contribution in [0.1, 0.15) is 11.5 Å². The number of rotatable bonds is 4. The fourth-order valence-electron chi connectivity index (χ4n) is 1.17. The van der Waals surface area contributed by atoms with Crippen molar-refractivity contribution in [2.75, 3.05) is 0 Å². The van der Waals surface area contributed by atoms with Crippen LogP contribution in [0, 0.1) is 0 Å². The fourth-order valence-corrected chi connectivity index (χ4v) is 1.89. The van der Waals surface area contributed by atoms with E-state index in [1.165, 1.54) is 11.8 Å². The molecular weight excluding hydrogens is 226 g/mol. The van der Waals surface area contributed by atoms with Crippen LogP contribution in [0.4, 0.5) is 0 Å². The molecule has 0 aliphatic heterocycles. The van der Waals surface area contributed by atoms with Gasteiger partial charge in [0.2, 0.25) is 5.89 Å². The lowest BCUT2D eigenvalue weighted by molar-refractivity contribution is 0.414. The lowest BCUT2D eigenvalue weighted by Crippen LogP contribution is -1.95. The Bertz CT molecular complexity index is 473. The van der Waals surface area contributed by atoms with Gasteiger partial charge in [0.25, 0.3) is 5.22 Å². The Labute approximate surface area is 96.7 Å². The monoisotopic (exact) mass is 237 g/mol. The Morgan fingerprint density at radius 1 is 1.38 bits per heavy atom. The Morgan fingerprint density at radius 3 is 2.94 bits per heavy atom. The first-order valence-electron chi connectivity index (χ1n) is 4.71. The highest BCUT2D eigenvalue weighted by Crippen LogP contribution is 2.22. The molecule has 0 radical (unpaired) electrons. The van der Waals surface area contributed by atoms with E-state index in [0.29, 0.717) is 16.9 Å². The number of aromatic nitrogens is 2. The first-order valence-corrected chi connectivity index (χ1v) is 5.69. The highest BCUT2D eigenvalue weighted by molar-refractivity contribution is 7.98. The van der Waals surface area contributed by atoms with E-state index < -0.39 is 0 Å². The summed E-state index contributed by atoms with van der Waals surface area (Å²) in [6.45, 7) is 0.250. The Balaban J connectivity index is 1.96. The molecule has 0 bridgehead atoms. The molecular formula is C10H11N3O2S. The molecule has 0 fully saturated rings. The van der Waals surface area contributed by atoms with Crippen LogP contribution < -0.4 is 5.73 Å². The minimum Gasteiger partial charge on any atom is -0.508 e. The largest absolute Gasteiger partial charge is 0.508 e. The molecule has 2 rings (SSSR count). The van der Waals surface area contributed by atoms with Crippen molar-refractivity contribution < 1.29 is 9.52 Å². The first kappa shape index (κ1) is 11.0. The molecule has 1 aromatic heterocycles. The van der Waals surface area contributed by atoms with Gasteiger partial charge >= 0.3 is 0 Å². The van der Waals surface area contributed by atoms with E-state index in [-0.39, 0.29) is 12.3 Å². The molecule has 0 aliphatic carbocycles. The van der Waals surface area contributed by atoms with Gasteiger partial charge in [-0.2, -0.15) is 0 Å². The van der Waals surface area contributed by atoms with Gasteiger partial charge in [0.1, 0.15) is 5.75 Å². The van der Waals surface area contributed by atoms with Crippen LogP contribution in [0.15, 0.2) is 33.9 Å². The SMILES string of the molecule is NCc1nnc(SCc2cccc(O)c2)o1. The van der Waals surface area contributed by atoms with Gasteiger partial charge in [-0.3, -0.25) is 0 Å². The van der Waals surface area contributed by atoms with Crippen molar-refractivity contribution in [3.63, 3.8) is 0 Å². The summed E-state index contributed by atoms with van der Waals surface area (Å²) in [5, 5.41) is 17.3. The number of thioether (sulfide) groups is 1. The number of aromatic hydroxyl groups is 1. The summed E-state index contributed by atoms with van der Waals surface area (Å²) >= 11 is 1.41. The van der Waals surface area contributed by atoms with Crippen LogP contribution in [-0.4, -0.2) is 15.3 Å². The van der Waals surface area contributed by atoms with Crippen LogP contribution in [0.5, 0.6) is 5.75 Å². The molecule has 84 valence electrons. The molecule has 1 aromatic carbocycles. The lowest BCUT2D eigenvalue weighted by Gasteiger charge is -1.98. The predicted octanol–water partition coefficient (Wildman–Crippen LogP) is 1.53. The summed E-state index contributed by atoms with van der Waals surface area (Å²) in [6, 6.07) is 7.05. The topological polar surface area (TPSA) is 85.2 Å². The minimum absolute atomic E-state index is 0.250. The average molecular weight is 237 g/mol. The fraction of sp³-hybridized carbons (Fsp3) is 0.200. The summed E-state index contributed by atoms with van der Waals surface area (Å²) in [5.74, 6) is 1.35. The maximum Gasteiger partial charge on any atom is 0.276 e. The third-order valence-corrected chi connectivity index (χ3v) is 2.79. The maximum atomic E-state index is 9.28. The smallest absolute Gasteiger partial charge is 0.276 e. The van der Waals surface area contributed by atoms with Crippen LogP contribution in [-0.2, 0) is 12.3 Å². The van der Waals surface area contributed by atoms with Gasteiger partial charge in [-0.05, 0) is 17.7 Å². The summed E-state index contributed by atoms with van der Waals surface area (Å²) in [6.07, 6.45) is 0. The van der Waals surface area contributed by atoms with E-state index in [0.717, 1.165) is 5.56 Å². The number of phenols is 1. The first-order chi connectivity index (χ1) is 7.78. The number of hydrogen-bond donors (Lipinski definition) is 2. The van der Waals surface area contributed by atoms with Crippen molar-refractivity contribution in [1.29, 1.82) is 0 Å². The molecule has 0 spiro atoms. The van der Waals surface area contributed by atoms with Gasteiger partial charge < -0.3 is 15.3 Å². The van der Waals surface area contributed by atoms with Gasteiger partial charge in [0, 0.05) is 5.75 Å². The van der Waals surface area contributed by atoms with Crippen molar-refractivity contribution >= 4 is 11.8 Å². The summed E-state index contributed by atoms with van der Waals surface area (Å²) in [5.41, 5.74) is 6.35. The van der Waals surface area contributed by atoms with Crippen LogP contribution in [0.25, 0.3) is 0 Å². The van der Waals surface area contributed by atoms with Crippen molar-refractivity contribution in [2.24, 2.45) is 5.73 Å². The summed E-state index contributed by atoms with van der Waals surface area (Å²) in [4.78, 5) is 0. The number of benzene rings is 1. The van der Waals surface area contributed by atoms with Gasteiger partial charge in [-0.25, -0.2) is 0 Å². The highest BCUT2D eigenvalue weighted by atomic mass is 32.2. The molecule has 16 heavy (non-hydrogen) atoms. The molecule has 0 atom stereocenters. The van der Waals surface area contributed by atoms with E-state index >= 15 is 0 Å². The van der Waals surface area contributed by atoms with E-state index in [1.807, 2.05) is 6.07 Å². The zero-order valence-electron chi connectivity index (χ0n) is 8.46. The van der Waals surface area contributed by atoms with E-state index in [9.17, 15) is 5.11 Å². The third kappa shape index (κ3) is 2.74. The van der Waals surface area contributed by atoms with Gasteiger partial charge in [-0.1, -0.05) is 23.9 Å². The van der Waals surface area contributed by atoms with Crippen LogP contribution >= 0.6 is 11.8 Å². The second-order valence-electron chi connectivity index (χ2n) is 3.12. The number of phenolic OH excluding ortho intramolecular Hbond substituents is 1. The van der Waals surface area contributed by atoms with Gasteiger partial charge in [0.05, 0.1) is 6.54 Å². The summed E-state index contributed by atoms with van der Waals surface area (Å²) in [7, 11) is 0. The molecule has 0 aliphatic rings. The Morgan fingerprint density at radius 2 is 2.25 bits per heavy atom. The number of nitrogens with zero attached hydrogens (tertiary/aromatic N) is 2. The molecule has 2 aromatic rings. The summed E-state index contributed by atoms with van der Waals surface area (Å²) < 4.78 is 5.24. The molecule has 0 saturated carbocycles. The number of hydrogen-bond acceptors (Lipinski definition) is 6. The zero-order valence-corrected chi connectivity index (χ0v) is 9.28. The second-order valence-corrected chi connectivity index (χ2v) is 4.05. The van der Waals surface area contributed by atoms with Crippen molar-refractivity contribution in [2.45, 2.75) is 17.5 Å². The molecule has 0 saturated heterocycles. The van der Waals surface area contributed by atoms with Crippen molar-refractivity contribution in [3.05, 3.63) is 35.7 Å². The number of nitrogens with two attached hydrogens (primary N) is 1. The quantitative estimate of drug-likeness (QED) is 0.784. The molecule has 1 heterocycles. The zero-order chi connectivity index (χ0) is 11.4. The van der Waals surface area contributed by atoms with E-state index in [1.54, 1.807) is 18.2 Å². The maximum absolute atomic E-state index is 9.28. The lowest BCUT2D eigenvalue weighted by atomic mass is 10.2. The normalized spacial score (nSPS) is 10.6. The highest BCUT2D eigenvalue weighted by Gasteiger charge is 2.05. The van der Waals surface area contributed by atoms with E-state index in [4.69, 9.17) is 10.2 Å². The molecule has 5 nitrogen and oxygen atoms in total. The second kappa shape index (κ2) is 5.00. The van der Waals surface area contributed by atoms with Gasteiger partial charge in [0.15, 0.2) is 0 Å².